The molecule has 0 saturated heterocycles. The van der Waals surface area contributed by atoms with E-state index in [0.717, 1.165) is 0 Å². The van der Waals surface area contributed by atoms with Crippen molar-refractivity contribution in [2.75, 3.05) is 0 Å². The van der Waals surface area contributed by atoms with Crippen LogP contribution in [0.1, 0.15) is 69.6 Å². The van der Waals surface area contributed by atoms with E-state index < -0.39 is 5.66 Å². The van der Waals surface area contributed by atoms with Gasteiger partial charge in [0, 0.05) is 14.2 Å². The zero-order chi connectivity index (χ0) is 16.2. The van der Waals surface area contributed by atoms with E-state index >= 15 is 0 Å². The summed E-state index contributed by atoms with van der Waals surface area (Å²) in [5.74, 6) is -0.299. The third kappa shape index (κ3) is 10.5. The van der Waals surface area contributed by atoms with Crippen LogP contribution in [0.15, 0.2) is 0 Å². The fourth-order valence-corrected chi connectivity index (χ4v) is 1.70. The minimum Gasteiger partial charge on any atom is -0.334 e. The number of hydrogen-bond acceptors (Lipinski definition) is 2. The number of hydrogen-bond donors (Lipinski definition) is 2. The second-order valence-electron chi connectivity index (χ2n) is 7.90. The Labute approximate surface area is 119 Å². The Morgan fingerprint density at radius 2 is 1.16 bits per heavy atom. The van der Waals surface area contributed by atoms with Gasteiger partial charge in [0.2, 0.25) is 11.8 Å². The molecule has 2 N–H and O–H groups in total. The SMILES string of the molecule is [2H]CC(C)(NC(=O)CC(C)(C)C)NC(=O)CC(C)(C)C. The van der Waals surface area contributed by atoms with Crippen LogP contribution in [0.5, 0.6) is 0 Å². The predicted molar refractivity (Wildman–Crippen MR) is 78.5 cm³/mol. The summed E-state index contributed by atoms with van der Waals surface area (Å²) in [5, 5.41) is 5.52. The molecule has 0 heterocycles. The Kier molecular flexibility index (Phi) is 4.99. The van der Waals surface area contributed by atoms with E-state index in [4.69, 9.17) is 1.37 Å². The maximum absolute atomic E-state index is 12.0. The number of rotatable bonds is 4. The number of carbonyl (C=O) groups is 2. The molecular weight excluding hydrogens is 240 g/mol. The standard InChI is InChI=1S/C15H30N2O2/c1-13(2,3)9-11(18)16-15(7,8)17-12(19)10-14(4,5)6/h9-10H2,1-8H3,(H,16,18)(H,17,19)/i7D. The van der Waals surface area contributed by atoms with Crippen molar-refractivity contribution >= 4 is 11.8 Å². The molecule has 0 unspecified atom stereocenters. The molecule has 19 heavy (non-hydrogen) atoms. The summed E-state index contributed by atoms with van der Waals surface area (Å²) in [5.41, 5.74) is -1.25. The highest BCUT2D eigenvalue weighted by Crippen LogP contribution is 2.20. The highest BCUT2D eigenvalue weighted by atomic mass is 16.2. The molecule has 0 aromatic carbocycles. The zero-order valence-corrected chi connectivity index (χ0v) is 13.4. The quantitative estimate of drug-likeness (QED) is 0.772. The lowest BCUT2D eigenvalue weighted by Crippen LogP contribution is -2.57. The van der Waals surface area contributed by atoms with E-state index in [1.165, 1.54) is 0 Å². The summed E-state index contributed by atoms with van der Waals surface area (Å²) in [6, 6.07) is 0. The molecular formula is C15H30N2O2. The Morgan fingerprint density at radius 3 is 1.37 bits per heavy atom. The van der Waals surface area contributed by atoms with Gasteiger partial charge in [-0.05, 0) is 24.7 Å². The fraction of sp³-hybridized carbons (Fsp3) is 0.867. The van der Waals surface area contributed by atoms with Gasteiger partial charge in [0.05, 0.1) is 0 Å². The Hall–Kier alpha value is -1.06. The van der Waals surface area contributed by atoms with Crippen molar-refractivity contribution < 1.29 is 11.0 Å². The van der Waals surface area contributed by atoms with Gasteiger partial charge in [-0.1, -0.05) is 41.5 Å². The van der Waals surface area contributed by atoms with Crippen molar-refractivity contribution in [3.8, 4) is 0 Å². The molecule has 0 saturated carbocycles. The minimum absolute atomic E-state index is 0.0984. The lowest BCUT2D eigenvalue weighted by Gasteiger charge is -2.30. The second kappa shape index (κ2) is 5.93. The van der Waals surface area contributed by atoms with Gasteiger partial charge in [0.25, 0.3) is 0 Å². The van der Waals surface area contributed by atoms with Crippen LogP contribution in [-0.2, 0) is 9.59 Å². The Balaban J connectivity index is 4.62. The average molecular weight is 271 g/mol. The molecule has 0 spiro atoms. The van der Waals surface area contributed by atoms with Crippen molar-refractivity contribution in [2.45, 2.75) is 73.9 Å². The molecule has 0 radical (unpaired) electrons. The summed E-state index contributed by atoms with van der Waals surface area (Å²) < 4.78 is 7.58. The van der Waals surface area contributed by atoms with E-state index in [2.05, 4.69) is 10.6 Å². The summed E-state index contributed by atoms with van der Waals surface area (Å²) >= 11 is 0. The van der Waals surface area contributed by atoms with E-state index in [-0.39, 0.29) is 29.5 Å². The molecule has 112 valence electrons. The van der Waals surface area contributed by atoms with Crippen LogP contribution in [0.2, 0.25) is 0 Å². The molecule has 0 aliphatic heterocycles. The first-order valence-corrected chi connectivity index (χ1v) is 6.68. The topological polar surface area (TPSA) is 58.2 Å². The summed E-state index contributed by atoms with van der Waals surface area (Å²) in [7, 11) is 0. The monoisotopic (exact) mass is 271 g/mol. The molecule has 0 bridgehead atoms. The van der Waals surface area contributed by atoms with Gasteiger partial charge in [-0.15, -0.1) is 0 Å². The summed E-state index contributed by atoms with van der Waals surface area (Å²) in [6.45, 7) is 13.4. The van der Waals surface area contributed by atoms with Crippen molar-refractivity contribution in [3.05, 3.63) is 0 Å². The van der Waals surface area contributed by atoms with Crippen LogP contribution >= 0.6 is 0 Å². The van der Waals surface area contributed by atoms with Crippen molar-refractivity contribution in [2.24, 2.45) is 10.8 Å². The first kappa shape index (κ1) is 16.0. The van der Waals surface area contributed by atoms with Crippen LogP contribution in [-0.4, -0.2) is 17.5 Å². The van der Waals surface area contributed by atoms with E-state index in [0.29, 0.717) is 12.8 Å². The van der Waals surface area contributed by atoms with Gasteiger partial charge >= 0.3 is 0 Å². The lowest BCUT2D eigenvalue weighted by atomic mass is 9.91. The number of carbonyl (C=O) groups excluding carboxylic acids is 2. The third-order valence-corrected chi connectivity index (χ3v) is 2.21. The lowest BCUT2D eigenvalue weighted by molar-refractivity contribution is -0.127. The van der Waals surface area contributed by atoms with Crippen LogP contribution in [0.4, 0.5) is 0 Å². The number of amides is 2. The normalized spacial score (nSPS) is 13.7. The largest absolute Gasteiger partial charge is 0.334 e. The average Bonchev–Trinajstić information content (AvgIpc) is 2.09. The Morgan fingerprint density at radius 1 is 0.842 bits per heavy atom. The highest BCUT2D eigenvalue weighted by Gasteiger charge is 2.26. The number of nitrogens with one attached hydrogen (secondary N) is 2. The maximum atomic E-state index is 12.0. The van der Waals surface area contributed by atoms with Crippen LogP contribution in [0, 0.1) is 10.8 Å². The maximum Gasteiger partial charge on any atom is 0.222 e. The van der Waals surface area contributed by atoms with Gasteiger partial charge in [-0.3, -0.25) is 9.59 Å². The first-order valence-electron chi connectivity index (χ1n) is 7.38. The molecule has 4 heteroatoms. The van der Waals surface area contributed by atoms with Gasteiger partial charge < -0.3 is 10.6 Å². The van der Waals surface area contributed by atoms with Crippen LogP contribution < -0.4 is 10.6 Å². The molecule has 0 atom stereocenters. The van der Waals surface area contributed by atoms with Crippen LogP contribution in [0.25, 0.3) is 0 Å². The smallest absolute Gasteiger partial charge is 0.222 e. The van der Waals surface area contributed by atoms with E-state index in [1.807, 2.05) is 41.5 Å². The van der Waals surface area contributed by atoms with Gasteiger partial charge in [-0.25, -0.2) is 0 Å². The van der Waals surface area contributed by atoms with E-state index in [9.17, 15) is 9.59 Å². The Bertz CT molecular complexity index is 324. The predicted octanol–water partition coefficient (Wildman–Crippen LogP) is 2.83. The molecule has 0 aliphatic rings. The molecule has 0 aromatic heterocycles. The molecule has 0 aliphatic carbocycles. The summed E-state index contributed by atoms with van der Waals surface area (Å²) in [4.78, 5) is 23.9. The van der Waals surface area contributed by atoms with Gasteiger partial charge in [-0.2, -0.15) is 0 Å². The minimum atomic E-state index is -1.01. The molecule has 0 aromatic rings. The summed E-state index contributed by atoms with van der Waals surface area (Å²) in [6.07, 6.45) is 0.718. The van der Waals surface area contributed by atoms with Crippen molar-refractivity contribution in [1.82, 2.24) is 10.6 Å². The zero-order valence-electron chi connectivity index (χ0n) is 14.4. The molecule has 0 fully saturated rings. The van der Waals surface area contributed by atoms with E-state index in [1.54, 1.807) is 6.92 Å². The van der Waals surface area contributed by atoms with Gasteiger partial charge in [0.15, 0.2) is 0 Å². The fourth-order valence-electron chi connectivity index (χ4n) is 1.70. The van der Waals surface area contributed by atoms with Crippen molar-refractivity contribution in [3.63, 3.8) is 0 Å². The third-order valence-electron chi connectivity index (χ3n) is 2.21. The second-order valence-corrected chi connectivity index (χ2v) is 7.90. The molecule has 2 amide bonds. The van der Waals surface area contributed by atoms with Crippen molar-refractivity contribution in [1.29, 1.82) is 0 Å². The molecule has 0 rings (SSSR count). The molecule has 4 nitrogen and oxygen atoms in total. The van der Waals surface area contributed by atoms with Crippen LogP contribution in [0.3, 0.4) is 0 Å². The highest BCUT2D eigenvalue weighted by molar-refractivity contribution is 5.80. The van der Waals surface area contributed by atoms with Gasteiger partial charge in [0.1, 0.15) is 5.66 Å². The first-order chi connectivity index (χ1) is 8.76.